The second-order valence-electron chi connectivity index (χ2n) is 7.84. The van der Waals surface area contributed by atoms with Crippen LogP contribution in [-0.4, -0.2) is 43.5 Å². The number of fused-ring (bicyclic) bond motifs is 1. The first-order chi connectivity index (χ1) is 14.5. The van der Waals surface area contributed by atoms with Crippen molar-refractivity contribution in [1.82, 2.24) is 0 Å². The zero-order chi connectivity index (χ0) is 20.7. The van der Waals surface area contributed by atoms with Gasteiger partial charge < -0.3 is 23.7 Å². The van der Waals surface area contributed by atoms with Crippen molar-refractivity contribution in [3.8, 4) is 11.5 Å². The number of methoxy groups -OCH3 is 2. The minimum atomic E-state index is -1.56. The van der Waals surface area contributed by atoms with Gasteiger partial charge in [0.2, 0.25) is 5.78 Å². The van der Waals surface area contributed by atoms with Gasteiger partial charge in [-0.05, 0) is 29.7 Å². The second kappa shape index (κ2) is 5.64. The van der Waals surface area contributed by atoms with Crippen LogP contribution in [-0.2, 0) is 23.8 Å². The first-order valence-electron chi connectivity index (χ1n) is 9.69. The van der Waals surface area contributed by atoms with Gasteiger partial charge in [-0.15, -0.1) is 0 Å². The molecule has 0 saturated carbocycles. The minimum absolute atomic E-state index is 0.0629. The lowest BCUT2D eigenvalue weighted by atomic mass is 9.61. The molecular formula is C23H18O7. The van der Waals surface area contributed by atoms with Crippen molar-refractivity contribution in [2.75, 3.05) is 14.2 Å². The van der Waals surface area contributed by atoms with E-state index >= 15 is 0 Å². The van der Waals surface area contributed by atoms with Crippen LogP contribution in [0.1, 0.15) is 0 Å². The Morgan fingerprint density at radius 3 is 2.30 bits per heavy atom. The SMILES string of the molecule is COC1=CC2(Oc3cccc4cccc(c34)O2)C2C3C=CC(OC)(C(=O)O3)C2C1=O. The van der Waals surface area contributed by atoms with E-state index in [4.69, 9.17) is 23.7 Å². The normalized spacial score (nSPS) is 32.2. The zero-order valence-corrected chi connectivity index (χ0v) is 16.3. The molecule has 7 heteroatoms. The van der Waals surface area contributed by atoms with Crippen LogP contribution in [0.15, 0.2) is 60.4 Å². The third-order valence-electron chi connectivity index (χ3n) is 6.52. The van der Waals surface area contributed by atoms with Crippen LogP contribution in [0.3, 0.4) is 0 Å². The van der Waals surface area contributed by atoms with E-state index in [1.54, 1.807) is 18.2 Å². The third-order valence-corrected chi connectivity index (χ3v) is 6.52. The van der Waals surface area contributed by atoms with Crippen molar-refractivity contribution >= 4 is 22.5 Å². The van der Waals surface area contributed by atoms with E-state index in [-0.39, 0.29) is 11.5 Å². The van der Waals surface area contributed by atoms with Crippen LogP contribution in [0.2, 0.25) is 0 Å². The van der Waals surface area contributed by atoms with E-state index in [2.05, 4.69) is 0 Å². The topological polar surface area (TPSA) is 80.3 Å². The van der Waals surface area contributed by atoms with Crippen LogP contribution in [0.25, 0.3) is 10.8 Å². The van der Waals surface area contributed by atoms with Crippen molar-refractivity contribution in [3.63, 3.8) is 0 Å². The highest BCUT2D eigenvalue weighted by molar-refractivity contribution is 6.04. The molecule has 0 aromatic heterocycles. The van der Waals surface area contributed by atoms with Gasteiger partial charge in [0.1, 0.15) is 17.6 Å². The molecule has 5 aliphatic rings. The largest absolute Gasteiger partial charge is 0.493 e. The Kier molecular flexibility index (Phi) is 3.29. The molecule has 152 valence electrons. The summed E-state index contributed by atoms with van der Waals surface area (Å²) in [5.74, 6) is -2.61. The van der Waals surface area contributed by atoms with Crippen LogP contribution in [0, 0.1) is 11.8 Å². The van der Waals surface area contributed by atoms with E-state index in [1.165, 1.54) is 14.2 Å². The molecule has 2 aliphatic carbocycles. The molecule has 7 rings (SSSR count). The van der Waals surface area contributed by atoms with E-state index in [9.17, 15) is 9.59 Å². The molecule has 3 heterocycles. The van der Waals surface area contributed by atoms with E-state index in [1.807, 2.05) is 36.4 Å². The number of ether oxygens (including phenoxy) is 5. The number of Topliss-reactive ketones (excluding diaryl/α,β-unsaturated/α-hetero) is 1. The highest BCUT2D eigenvalue weighted by atomic mass is 16.7. The van der Waals surface area contributed by atoms with Crippen molar-refractivity contribution in [1.29, 1.82) is 0 Å². The monoisotopic (exact) mass is 406 g/mol. The number of ketones is 1. The number of carbonyl (C=O) groups excluding carboxylic acids is 2. The average molecular weight is 406 g/mol. The molecule has 0 N–H and O–H groups in total. The molecule has 30 heavy (non-hydrogen) atoms. The smallest absolute Gasteiger partial charge is 0.343 e. The van der Waals surface area contributed by atoms with E-state index < -0.39 is 35.3 Å². The maximum absolute atomic E-state index is 13.3. The summed E-state index contributed by atoms with van der Waals surface area (Å²) in [6.07, 6.45) is 4.19. The van der Waals surface area contributed by atoms with Crippen molar-refractivity contribution in [3.05, 3.63) is 60.4 Å². The minimum Gasteiger partial charge on any atom is -0.493 e. The summed E-state index contributed by atoms with van der Waals surface area (Å²) in [7, 11) is 2.79. The van der Waals surface area contributed by atoms with E-state index in [0.717, 1.165) is 10.8 Å². The predicted octanol–water partition coefficient (Wildman–Crippen LogP) is 2.53. The lowest BCUT2D eigenvalue weighted by Gasteiger charge is -2.55. The second-order valence-corrected chi connectivity index (χ2v) is 7.84. The maximum atomic E-state index is 13.3. The number of hydrogen-bond acceptors (Lipinski definition) is 7. The summed E-state index contributed by atoms with van der Waals surface area (Å²) in [6, 6.07) is 11.5. The molecule has 2 bridgehead atoms. The summed E-state index contributed by atoms with van der Waals surface area (Å²) < 4.78 is 29.5. The molecule has 4 unspecified atom stereocenters. The van der Waals surface area contributed by atoms with Gasteiger partial charge in [0.15, 0.2) is 11.4 Å². The molecule has 4 atom stereocenters. The number of allylic oxidation sites excluding steroid dienone is 1. The van der Waals surface area contributed by atoms with Gasteiger partial charge in [0.25, 0.3) is 5.79 Å². The lowest BCUT2D eigenvalue weighted by molar-refractivity contribution is -0.239. The fourth-order valence-corrected chi connectivity index (χ4v) is 5.20. The molecule has 2 aromatic rings. The molecule has 1 saturated heterocycles. The summed E-state index contributed by atoms with van der Waals surface area (Å²) in [4.78, 5) is 26.1. The van der Waals surface area contributed by atoms with Gasteiger partial charge in [-0.25, -0.2) is 4.79 Å². The fraction of sp³-hybridized carbons (Fsp3) is 0.304. The summed E-state index contributed by atoms with van der Waals surface area (Å²) in [5.41, 5.74) is -1.56. The van der Waals surface area contributed by atoms with Crippen molar-refractivity contribution in [2.45, 2.75) is 17.5 Å². The third kappa shape index (κ3) is 1.93. The number of benzene rings is 2. The Morgan fingerprint density at radius 2 is 1.70 bits per heavy atom. The molecule has 1 spiro atoms. The van der Waals surface area contributed by atoms with Crippen molar-refractivity contribution < 1.29 is 33.3 Å². The van der Waals surface area contributed by atoms with Gasteiger partial charge in [-0.3, -0.25) is 4.79 Å². The fourth-order valence-electron chi connectivity index (χ4n) is 5.20. The number of esters is 1. The van der Waals surface area contributed by atoms with Gasteiger partial charge in [-0.1, -0.05) is 24.3 Å². The maximum Gasteiger partial charge on any atom is 0.343 e. The van der Waals surface area contributed by atoms with Gasteiger partial charge in [0.05, 0.1) is 24.3 Å². The quantitative estimate of drug-likeness (QED) is 0.560. The molecule has 7 nitrogen and oxygen atoms in total. The Morgan fingerprint density at radius 1 is 1.00 bits per heavy atom. The highest BCUT2D eigenvalue weighted by Gasteiger charge is 2.71. The summed E-state index contributed by atoms with van der Waals surface area (Å²) >= 11 is 0. The number of rotatable bonds is 2. The standard InChI is InChI=1S/C23H18O7/c1-26-16-11-23(29-13-7-3-5-12-6-4-8-14(30-23)17(12)13)18-15-9-10-22(27-2,21(25)28-15)19(18)20(16)24/h3-11,15,18-19H,1-2H3. The summed E-state index contributed by atoms with van der Waals surface area (Å²) in [6.45, 7) is 0. The van der Waals surface area contributed by atoms with Gasteiger partial charge in [-0.2, -0.15) is 0 Å². The highest BCUT2D eigenvalue weighted by Crippen LogP contribution is 2.55. The predicted molar refractivity (Wildman–Crippen MR) is 104 cm³/mol. The van der Waals surface area contributed by atoms with Gasteiger partial charge in [0, 0.05) is 13.2 Å². The van der Waals surface area contributed by atoms with E-state index in [0.29, 0.717) is 11.5 Å². The number of hydrogen-bond donors (Lipinski definition) is 0. The van der Waals surface area contributed by atoms with Crippen LogP contribution in [0.4, 0.5) is 0 Å². The first-order valence-corrected chi connectivity index (χ1v) is 9.69. The van der Waals surface area contributed by atoms with Crippen LogP contribution >= 0.6 is 0 Å². The van der Waals surface area contributed by atoms with Crippen LogP contribution in [0.5, 0.6) is 11.5 Å². The Labute approximate surface area is 171 Å². The Balaban J connectivity index is 1.60. The lowest BCUT2D eigenvalue weighted by Crippen LogP contribution is -2.72. The number of carbonyl (C=O) groups is 2. The molecule has 0 radical (unpaired) electrons. The average Bonchev–Trinajstić information content (AvgIpc) is 2.76. The molecule has 3 aliphatic heterocycles. The Bertz CT molecular complexity index is 1140. The summed E-state index contributed by atoms with van der Waals surface area (Å²) in [5, 5.41) is 1.82. The Hall–Kier alpha value is -3.32. The molecule has 2 aromatic carbocycles. The molecule has 1 fully saturated rings. The van der Waals surface area contributed by atoms with Crippen LogP contribution < -0.4 is 9.47 Å². The zero-order valence-electron chi connectivity index (χ0n) is 16.3. The molecule has 0 amide bonds. The molecular weight excluding hydrogens is 388 g/mol. The van der Waals surface area contributed by atoms with Crippen molar-refractivity contribution in [2.24, 2.45) is 11.8 Å². The van der Waals surface area contributed by atoms with Gasteiger partial charge >= 0.3 is 5.97 Å². The first kappa shape index (κ1) is 17.5.